The normalized spacial score (nSPS) is 9.42. The second-order valence-corrected chi connectivity index (χ2v) is 1.69. The van der Waals surface area contributed by atoms with Crippen LogP contribution in [0.5, 0.6) is 0 Å². The molecule has 0 nitrogen and oxygen atoms in total. The first kappa shape index (κ1) is 11.8. The molecule has 0 atom stereocenters. The van der Waals surface area contributed by atoms with Crippen molar-refractivity contribution in [2.75, 3.05) is 0 Å². The minimum atomic E-state index is -2.17. The summed E-state index contributed by atoms with van der Waals surface area (Å²) in [5.41, 5.74) is 0. The smallest absolute Gasteiger partial charge is 0.0893 e. The van der Waals surface area contributed by atoms with Gasteiger partial charge in [0, 0.05) is 27.3 Å². The Labute approximate surface area is 84.5 Å². The molecule has 0 fully saturated rings. The van der Waals surface area contributed by atoms with Crippen LogP contribution in [0.1, 0.15) is 0 Å². The van der Waals surface area contributed by atoms with E-state index < -0.39 is 29.1 Å². The van der Waals surface area contributed by atoms with Gasteiger partial charge < -0.3 is 0 Å². The molecule has 62 valence electrons. The standard InChI is InChI=1S/C6F5.Cd/c7-2-1-3(8)5(10)6(11)4(2)9;/q-1;. The molecule has 0 saturated heterocycles. The summed E-state index contributed by atoms with van der Waals surface area (Å²) >= 11 is 0. The molecule has 12 heavy (non-hydrogen) atoms. The van der Waals surface area contributed by atoms with E-state index in [-0.39, 0.29) is 27.3 Å². The van der Waals surface area contributed by atoms with Crippen molar-refractivity contribution in [1.29, 1.82) is 0 Å². The fraction of sp³-hybridized carbons (Fsp3) is 0. The van der Waals surface area contributed by atoms with Crippen molar-refractivity contribution in [1.82, 2.24) is 0 Å². The predicted octanol–water partition coefficient (Wildman–Crippen LogP) is 2.18. The van der Waals surface area contributed by atoms with Crippen LogP contribution in [0.15, 0.2) is 0 Å². The molecular formula is C6CdF5-. The summed E-state index contributed by atoms with van der Waals surface area (Å²) in [6.45, 7) is 0. The number of hydrogen-bond donors (Lipinski definition) is 0. The van der Waals surface area contributed by atoms with Crippen LogP contribution in [0, 0.1) is 35.2 Å². The molecule has 0 aliphatic carbocycles. The molecule has 0 N–H and O–H groups in total. The Morgan fingerprint density at radius 1 is 0.667 bits per heavy atom. The van der Waals surface area contributed by atoms with E-state index in [9.17, 15) is 22.0 Å². The molecule has 0 unspecified atom stereocenters. The third-order valence-corrected chi connectivity index (χ3v) is 0.990. The van der Waals surface area contributed by atoms with Crippen molar-refractivity contribution in [3.8, 4) is 0 Å². The number of benzene rings is 1. The molecule has 0 radical (unpaired) electrons. The van der Waals surface area contributed by atoms with Crippen LogP contribution in [0.25, 0.3) is 0 Å². The van der Waals surface area contributed by atoms with Gasteiger partial charge in [0.15, 0.2) is 0 Å². The molecule has 0 aromatic heterocycles. The van der Waals surface area contributed by atoms with Gasteiger partial charge in [-0.25, -0.2) is 13.2 Å². The molecule has 6 heteroatoms. The van der Waals surface area contributed by atoms with Gasteiger partial charge >= 0.3 is 0 Å². The average molecular weight is 279 g/mol. The van der Waals surface area contributed by atoms with Crippen LogP contribution in [-0.4, -0.2) is 0 Å². The molecule has 1 aromatic carbocycles. The molecule has 0 aliphatic rings. The second-order valence-electron chi connectivity index (χ2n) is 1.69. The van der Waals surface area contributed by atoms with Gasteiger partial charge in [-0.1, -0.05) is 0 Å². The van der Waals surface area contributed by atoms with Gasteiger partial charge in [0.1, 0.15) is 0 Å². The minimum absolute atomic E-state index is 0. The first-order valence-electron chi connectivity index (χ1n) is 2.44. The van der Waals surface area contributed by atoms with Crippen molar-refractivity contribution in [3.63, 3.8) is 0 Å². The summed E-state index contributed by atoms with van der Waals surface area (Å²) in [6, 6.07) is 1.02. The minimum Gasteiger partial charge on any atom is -0.278 e. The molecule has 0 saturated carbocycles. The van der Waals surface area contributed by atoms with E-state index in [0.717, 1.165) is 6.07 Å². The van der Waals surface area contributed by atoms with Crippen LogP contribution >= 0.6 is 0 Å². The summed E-state index contributed by atoms with van der Waals surface area (Å²) < 4.78 is 59.9. The molecule has 0 aliphatic heterocycles. The Kier molecular flexibility index (Phi) is 4.08. The maximum absolute atomic E-state index is 12.0. The summed E-state index contributed by atoms with van der Waals surface area (Å²) in [7, 11) is 0. The molecular weight excluding hydrogens is 279 g/mol. The summed E-state index contributed by atoms with van der Waals surface area (Å²) in [6.07, 6.45) is 0. The molecule has 0 bridgehead atoms. The Balaban J connectivity index is 0.00000121. The summed E-state index contributed by atoms with van der Waals surface area (Å²) in [5.74, 6) is -10.0. The Bertz CT molecular complexity index is 272. The van der Waals surface area contributed by atoms with E-state index in [1.807, 2.05) is 0 Å². The molecule has 0 heterocycles. The number of hydrogen-bond acceptors (Lipinski definition) is 0. The van der Waals surface area contributed by atoms with E-state index in [2.05, 4.69) is 0 Å². The van der Waals surface area contributed by atoms with Gasteiger partial charge in [0.05, 0.1) is 29.1 Å². The number of rotatable bonds is 0. The van der Waals surface area contributed by atoms with Gasteiger partial charge in [-0.2, -0.15) is 0 Å². The van der Waals surface area contributed by atoms with Crippen LogP contribution in [0.2, 0.25) is 0 Å². The van der Waals surface area contributed by atoms with E-state index in [4.69, 9.17) is 0 Å². The third-order valence-electron chi connectivity index (χ3n) is 0.990. The predicted molar refractivity (Wildman–Crippen MR) is 25.1 cm³/mol. The van der Waals surface area contributed by atoms with Crippen molar-refractivity contribution in [2.24, 2.45) is 0 Å². The van der Waals surface area contributed by atoms with Crippen LogP contribution in [0.3, 0.4) is 0 Å². The zero-order valence-corrected chi connectivity index (χ0v) is 9.63. The quantitative estimate of drug-likeness (QED) is 0.224. The maximum Gasteiger partial charge on any atom is 0.0893 e. The molecule has 1 aromatic rings. The fourth-order valence-electron chi connectivity index (χ4n) is 0.495. The molecule has 1 rings (SSSR count). The van der Waals surface area contributed by atoms with Gasteiger partial charge in [-0.15, -0.1) is 6.07 Å². The van der Waals surface area contributed by atoms with E-state index in [0.29, 0.717) is 0 Å². The zero-order chi connectivity index (χ0) is 8.59. The SMILES string of the molecule is Fc1[c-]c(F)c(F)c(F)c1F.[Cd]. The van der Waals surface area contributed by atoms with Crippen LogP contribution < -0.4 is 0 Å². The molecule has 0 amide bonds. The first-order chi connectivity index (χ1) is 5.04. The Hall–Kier alpha value is -0.208. The molecule has 0 spiro atoms. The van der Waals surface area contributed by atoms with Crippen LogP contribution in [0.4, 0.5) is 22.0 Å². The average Bonchev–Trinajstić information content (AvgIpc) is 1.97. The van der Waals surface area contributed by atoms with Gasteiger partial charge in [-0.3, -0.25) is 8.78 Å². The Morgan fingerprint density at radius 3 is 1.33 bits per heavy atom. The summed E-state index contributed by atoms with van der Waals surface area (Å²) in [4.78, 5) is 0. The Morgan fingerprint density at radius 2 is 1.00 bits per heavy atom. The zero-order valence-electron chi connectivity index (χ0n) is 5.60. The fourth-order valence-corrected chi connectivity index (χ4v) is 0.495. The first-order valence-corrected chi connectivity index (χ1v) is 2.44. The van der Waals surface area contributed by atoms with E-state index >= 15 is 0 Å². The van der Waals surface area contributed by atoms with E-state index in [1.54, 1.807) is 0 Å². The van der Waals surface area contributed by atoms with Crippen LogP contribution in [-0.2, 0) is 27.3 Å². The second kappa shape index (κ2) is 4.15. The summed E-state index contributed by atoms with van der Waals surface area (Å²) in [5, 5.41) is 0. The van der Waals surface area contributed by atoms with Crippen molar-refractivity contribution < 1.29 is 49.3 Å². The van der Waals surface area contributed by atoms with Gasteiger partial charge in [-0.05, 0) is 0 Å². The largest absolute Gasteiger partial charge is 0.278 e. The topological polar surface area (TPSA) is 0 Å². The van der Waals surface area contributed by atoms with Crippen molar-refractivity contribution >= 4 is 0 Å². The number of halogens is 5. The monoisotopic (exact) mass is 281 g/mol. The van der Waals surface area contributed by atoms with Crippen molar-refractivity contribution in [2.45, 2.75) is 0 Å². The third kappa shape index (κ3) is 1.93. The maximum atomic E-state index is 12.0. The van der Waals surface area contributed by atoms with Gasteiger partial charge in [0.25, 0.3) is 0 Å². The van der Waals surface area contributed by atoms with Crippen molar-refractivity contribution in [3.05, 3.63) is 35.2 Å². The van der Waals surface area contributed by atoms with Gasteiger partial charge in [0.2, 0.25) is 0 Å². The van der Waals surface area contributed by atoms with E-state index in [1.165, 1.54) is 0 Å².